The van der Waals surface area contributed by atoms with Crippen LogP contribution in [0.4, 0.5) is 0 Å². The maximum absolute atomic E-state index is 11.6. The first kappa shape index (κ1) is 14.4. The molecule has 0 aromatic carbocycles. The van der Waals surface area contributed by atoms with Crippen molar-refractivity contribution in [3.8, 4) is 0 Å². The van der Waals surface area contributed by atoms with E-state index >= 15 is 0 Å². The Bertz CT molecular complexity index is 511. The molecule has 2 rings (SSSR count). The summed E-state index contributed by atoms with van der Waals surface area (Å²) in [5.41, 5.74) is 0. The molecule has 108 valence electrons. The van der Waals surface area contributed by atoms with Crippen molar-refractivity contribution in [2.75, 3.05) is 26.4 Å². The van der Waals surface area contributed by atoms with Gasteiger partial charge in [0.25, 0.3) is 0 Å². The molecular formula is C11H21N5O2S. The Balaban J connectivity index is 1.71. The molecule has 1 aromatic rings. The Hall–Kier alpha value is -0.990. The van der Waals surface area contributed by atoms with Crippen LogP contribution in [0.3, 0.4) is 0 Å². The molecule has 19 heavy (non-hydrogen) atoms. The van der Waals surface area contributed by atoms with Crippen LogP contribution in [0.2, 0.25) is 0 Å². The van der Waals surface area contributed by atoms with Gasteiger partial charge in [0.1, 0.15) is 12.2 Å². The molecule has 1 aliphatic rings. The number of nitrogens with zero attached hydrogens (tertiary/aromatic N) is 4. The van der Waals surface area contributed by atoms with Gasteiger partial charge in [0, 0.05) is 26.6 Å². The predicted octanol–water partition coefficient (Wildman–Crippen LogP) is -0.536. The lowest BCUT2D eigenvalue weighted by molar-refractivity contribution is 0.360. The number of aromatic nitrogens is 3. The van der Waals surface area contributed by atoms with Crippen LogP contribution in [0.5, 0.6) is 0 Å². The highest BCUT2D eigenvalue weighted by Crippen LogP contribution is 2.11. The zero-order valence-corrected chi connectivity index (χ0v) is 12.2. The number of aryl methyl sites for hydroxylation is 1. The lowest BCUT2D eigenvalue weighted by Crippen LogP contribution is -2.39. The molecule has 0 radical (unpaired) electrons. The normalized spacial score (nSPS) is 19.6. The highest BCUT2D eigenvalue weighted by molar-refractivity contribution is 7.89. The first-order chi connectivity index (χ1) is 8.99. The second-order valence-electron chi connectivity index (χ2n) is 5.00. The van der Waals surface area contributed by atoms with Crippen LogP contribution in [0.1, 0.15) is 18.7 Å². The summed E-state index contributed by atoms with van der Waals surface area (Å²) in [7, 11) is 0.0561. The first-order valence-corrected chi connectivity index (χ1v) is 8.10. The minimum atomic E-state index is -3.08. The van der Waals surface area contributed by atoms with E-state index in [2.05, 4.69) is 15.4 Å². The van der Waals surface area contributed by atoms with Crippen LogP contribution < -0.4 is 5.32 Å². The van der Waals surface area contributed by atoms with Crippen molar-refractivity contribution in [2.24, 2.45) is 0 Å². The highest BCUT2D eigenvalue weighted by Gasteiger charge is 2.19. The van der Waals surface area contributed by atoms with Gasteiger partial charge in [0.05, 0.1) is 12.3 Å². The standard InChI is InChI=1S/C11H21N5O2S/c1-15(2)19(17,18)7-3-6-12-10-4-5-11-13-9-14-16(11)8-10/h9-10,12H,3-8H2,1-2H3. The van der Waals surface area contributed by atoms with E-state index in [9.17, 15) is 8.42 Å². The molecule has 0 saturated heterocycles. The average Bonchev–Trinajstić information content (AvgIpc) is 2.81. The molecular weight excluding hydrogens is 266 g/mol. The minimum Gasteiger partial charge on any atom is -0.312 e. The molecule has 1 N–H and O–H groups in total. The number of fused-ring (bicyclic) bond motifs is 1. The molecule has 0 saturated carbocycles. The van der Waals surface area contributed by atoms with Crippen molar-refractivity contribution in [1.29, 1.82) is 0 Å². The Kier molecular flexibility index (Phi) is 4.54. The second kappa shape index (κ2) is 5.98. The highest BCUT2D eigenvalue weighted by atomic mass is 32.2. The minimum absolute atomic E-state index is 0.189. The summed E-state index contributed by atoms with van der Waals surface area (Å²) < 4.78 is 26.4. The Morgan fingerprint density at radius 1 is 1.53 bits per heavy atom. The topological polar surface area (TPSA) is 80.1 Å². The Morgan fingerprint density at radius 3 is 3.05 bits per heavy atom. The summed E-state index contributed by atoms with van der Waals surface area (Å²) in [4.78, 5) is 4.18. The van der Waals surface area contributed by atoms with E-state index in [1.165, 1.54) is 4.31 Å². The van der Waals surface area contributed by atoms with Gasteiger partial charge in [-0.05, 0) is 19.4 Å². The van der Waals surface area contributed by atoms with Crippen LogP contribution in [0.25, 0.3) is 0 Å². The Labute approximate surface area is 114 Å². The van der Waals surface area contributed by atoms with Gasteiger partial charge in [-0.1, -0.05) is 0 Å². The molecule has 0 fully saturated rings. The summed E-state index contributed by atoms with van der Waals surface area (Å²) >= 11 is 0. The van der Waals surface area contributed by atoms with Crippen molar-refractivity contribution in [1.82, 2.24) is 24.4 Å². The summed E-state index contributed by atoms with van der Waals surface area (Å²) in [5, 5.41) is 7.55. The SMILES string of the molecule is CN(C)S(=O)(=O)CCCNC1CCc2ncnn2C1. The van der Waals surface area contributed by atoms with Crippen molar-refractivity contribution in [3.63, 3.8) is 0 Å². The van der Waals surface area contributed by atoms with Crippen LogP contribution in [-0.4, -0.2) is 59.9 Å². The molecule has 0 amide bonds. The molecule has 1 aliphatic heterocycles. The van der Waals surface area contributed by atoms with Gasteiger partial charge in [0.2, 0.25) is 10.0 Å². The van der Waals surface area contributed by atoms with E-state index in [4.69, 9.17) is 0 Å². The van der Waals surface area contributed by atoms with Crippen molar-refractivity contribution in [3.05, 3.63) is 12.2 Å². The van der Waals surface area contributed by atoms with Gasteiger partial charge in [0.15, 0.2) is 0 Å². The van der Waals surface area contributed by atoms with Crippen LogP contribution >= 0.6 is 0 Å². The van der Waals surface area contributed by atoms with Gasteiger partial charge >= 0.3 is 0 Å². The summed E-state index contributed by atoms with van der Waals surface area (Å²) in [6.07, 6.45) is 4.16. The quantitative estimate of drug-likeness (QED) is 0.711. The van der Waals surface area contributed by atoms with Gasteiger partial charge in [-0.3, -0.25) is 0 Å². The van der Waals surface area contributed by atoms with E-state index in [0.29, 0.717) is 19.0 Å². The maximum atomic E-state index is 11.6. The third kappa shape index (κ3) is 3.74. The monoisotopic (exact) mass is 287 g/mol. The Morgan fingerprint density at radius 2 is 2.32 bits per heavy atom. The summed E-state index contributed by atoms with van der Waals surface area (Å²) in [6, 6.07) is 0.358. The summed E-state index contributed by atoms with van der Waals surface area (Å²) in [6.45, 7) is 1.53. The molecule has 1 atom stereocenters. The predicted molar refractivity (Wildman–Crippen MR) is 72.2 cm³/mol. The number of nitrogens with one attached hydrogen (secondary N) is 1. The van der Waals surface area contributed by atoms with E-state index in [-0.39, 0.29) is 5.75 Å². The van der Waals surface area contributed by atoms with Gasteiger partial charge < -0.3 is 5.32 Å². The van der Waals surface area contributed by atoms with Crippen LogP contribution in [-0.2, 0) is 23.0 Å². The smallest absolute Gasteiger partial charge is 0.213 e. The zero-order chi connectivity index (χ0) is 13.9. The fourth-order valence-electron chi connectivity index (χ4n) is 2.15. The van der Waals surface area contributed by atoms with Crippen LogP contribution in [0, 0.1) is 0 Å². The number of rotatable bonds is 6. The fourth-order valence-corrected chi connectivity index (χ4v) is 3.02. The molecule has 0 spiro atoms. The van der Waals surface area contributed by atoms with Gasteiger partial charge in [-0.15, -0.1) is 0 Å². The van der Waals surface area contributed by atoms with Gasteiger partial charge in [-0.2, -0.15) is 5.10 Å². The zero-order valence-electron chi connectivity index (χ0n) is 11.4. The summed E-state index contributed by atoms with van der Waals surface area (Å²) in [5.74, 6) is 1.22. The lowest BCUT2D eigenvalue weighted by atomic mass is 10.1. The molecule has 2 heterocycles. The van der Waals surface area contributed by atoms with E-state index in [0.717, 1.165) is 25.2 Å². The molecule has 0 bridgehead atoms. The average molecular weight is 287 g/mol. The third-order valence-electron chi connectivity index (χ3n) is 3.37. The fraction of sp³-hybridized carbons (Fsp3) is 0.818. The van der Waals surface area contributed by atoms with E-state index < -0.39 is 10.0 Å². The molecule has 1 unspecified atom stereocenters. The van der Waals surface area contributed by atoms with Crippen LogP contribution in [0.15, 0.2) is 6.33 Å². The third-order valence-corrected chi connectivity index (χ3v) is 5.29. The van der Waals surface area contributed by atoms with Crippen molar-refractivity contribution in [2.45, 2.75) is 31.8 Å². The van der Waals surface area contributed by atoms with E-state index in [1.807, 2.05) is 4.68 Å². The first-order valence-electron chi connectivity index (χ1n) is 6.49. The van der Waals surface area contributed by atoms with Gasteiger partial charge in [-0.25, -0.2) is 22.4 Å². The van der Waals surface area contributed by atoms with Crippen molar-refractivity contribution >= 4 is 10.0 Å². The van der Waals surface area contributed by atoms with E-state index in [1.54, 1.807) is 20.4 Å². The number of hydrogen-bond donors (Lipinski definition) is 1. The molecule has 7 nitrogen and oxygen atoms in total. The number of hydrogen-bond acceptors (Lipinski definition) is 5. The second-order valence-corrected chi connectivity index (χ2v) is 7.30. The molecule has 0 aliphatic carbocycles. The molecule has 8 heteroatoms. The lowest BCUT2D eigenvalue weighted by Gasteiger charge is -2.23. The van der Waals surface area contributed by atoms with Crippen molar-refractivity contribution < 1.29 is 8.42 Å². The largest absolute Gasteiger partial charge is 0.312 e. The maximum Gasteiger partial charge on any atom is 0.213 e. The molecule has 1 aromatic heterocycles. The number of sulfonamides is 1.